The molecule has 0 saturated carbocycles. The number of phosphoric acid groups is 2. The van der Waals surface area contributed by atoms with Gasteiger partial charge in [-0.2, -0.15) is 0 Å². The first-order chi connectivity index (χ1) is 42.2. The molecule has 0 aromatic carbocycles. The second-order valence-corrected chi connectivity index (χ2v) is 27.5. The molecule has 3 N–H and O–H groups in total. The van der Waals surface area contributed by atoms with Gasteiger partial charge in [0.1, 0.15) is 19.3 Å². The van der Waals surface area contributed by atoms with Crippen LogP contribution in [0.25, 0.3) is 0 Å². The van der Waals surface area contributed by atoms with Crippen LogP contribution in [0.2, 0.25) is 0 Å². The number of unbranched alkanes of at least 4 members (excludes halogenated alkanes) is 43. The summed E-state index contributed by atoms with van der Waals surface area (Å²) in [6.07, 6.45) is 50.4. The predicted octanol–water partition coefficient (Wildman–Crippen LogP) is 19.5. The lowest BCUT2D eigenvalue weighted by Gasteiger charge is -2.21. The number of ether oxygens (including phenoxy) is 4. The van der Waals surface area contributed by atoms with Crippen LogP contribution >= 0.6 is 15.6 Å². The largest absolute Gasteiger partial charge is 0.472 e. The van der Waals surface area contributed by atoms with Crippen molar-refractivity contribution < 1.29 is 80.2 Å². The van der Waals surface area contributed by atoms with E-state index in [9.17, 15) is 43.2 Å². The third-order valence-corrected chi connectivity index (χ3v) is 17.8. The van der Waals surface area contributed by atoms with Gasteiger partial charge in [0.15, 0.2) is 12.2 Å². The Kier molecular flexibility index (Phi) is 61.4. The molecule has 0 aliphatic heterocycles. The molecule has 2 unspecified atom stereocenters. The highest BCUT2D eigenvalue weighted by Crippen LogP contribution is 2.45. The van der Waals surface area contributed by atoms with Crippen LogP contribution in [0, 0.1) is 0 Å². The van der Waals surface area contributed by atoms with Crippen LogP contribution in [0.1, 0.15) is 355 Å². The minimum Gasteiger partial charge on any atom is -0.462 e. The summed E-state index contributed by atoms with van der Waals surface area (Å²) in [7, 11) is -9.88. The standard InChI is InChI=1S/C68H132O17P2/c1-5-9-13-17-20-23-25-27-29-31-33-35-37-40-43-47-51-55-68(73)85-64(59-79-66(71)53-49-45-41-39-36-34-32-30-28-26-24-21-18-14-10-6-2)61-83-87(76,77)81-57-62(69)56-80-86(74,75)82-60-63(58-78-65(70)52-48-44-16-12-8-4)84-67(72)54-50-46-42-38-22-19-15-11-7-3/h62-64,69H,5-61H2,1-4H3,(H,74,75)(H,76,77)/t62-,63+,64+/m0/s1. The summed E-state index contributed by atoms with van der Waals surface area (Å²) in [6.45, 7) is 4.83. The number of phosphoric ester groups is 2. The van der Waals surface area contributed by atoms with Crippen LogP contribution in [0.5, 0.6) is 0 Å². The van der Waals surface area contributed by atoms with Crippen LogP contribution in [0.3, 0.4) is 0 Å². The average molecular weight is 1280 g/mol. The average Bonchev–Trinajstić information content (AvgIpc) is 3.53. The number of hydrogen-bond acceptors (Lipinski definition) is 15. The number of carbonyl (C=O) groups excluding carboxylic acids is 4. The monoisotopic (exact) mass is 1280 g/mol. The maximum absolute atomic E-state index is 13.0. The summed E-state index contributed by atoms with van der Waals surface area (Å²) >= 11 is 0. The Morgan fingerprint density at radius 3 is 0.678 bits per heavy atom. The molecule has 0 fully saturated rings. The summed E-state index contributed by atoms with van der Waals surface area (Å²) in [5.41, 5.74) is 0. The van der Waals surface area contributed by atoms with Gasteiger partial charge in [-0.05, 0) is 25.7 Å². The Hall–Kier alpha value is -1.94. The van der Waals surface area contributed by atoms with E-state index >= 15 is 0 Å². The van der Waals surface area contributed by atoms with Crippen molar-refractivity contribution in [2.45, 2.75) is 373 Å². The topological polar surface area (TPSA) is 237 Å². The number of hydrogen-bond donors (Lipinski definition) is 3. The van der Waals surface area contributed by atoms with Crippen LogP contribution in [-0.2, 0) is 65.4 Å². The van der Waals surface area contributed by atoms with Crippen LogP contribution < -0.4 is 0 Å². The molecule has 0 amide bonds. The molecule has 87 heavy (non-hydrogen) atoms. The van der Waals surface area contributed by atoms with Gasteiger partial charge in [0.25, 0.3) is 0 Å². The smallest absolute Gasteiger partial charge is 0.462 e. The quantitative estimate of drug-likeness (QED) is 0.0222. The third kappa shape index (κ3) is 62.6. The van der Waals surface area contributed by atoms with Crippen molar-refractivity contribution >= 4 is 39.5 Å². The fraction of sp³-hybridized carbons (Fsp3) is 0.941. The number of aliphatic hydroxyl groups is 1. The predicted molar refractivity (Wildman–Crippen MR) is 349 cm³/mol. The molecule has 0 aliphatic carbocycles. The van der Waals surface area contributed by atoms with Gasteiger partial charge >= 0.3 is 39.5 Å². The number of aliphatic hydroxyl groups excluding tert-OH is 1. The lowest BCUT2D eigenvalue weighted by atomic mass is 10.0. The van der Waals surface area contributed by atoms with E-state index in [0.717, 1.165) is 96.3 Å². The maximum atomic E-state index is 13.0. The second kappa shape index (κ2) is 62.8. The van der Waals surface area contributed by atoms with E-state index in [4.69, 9.17) is 37.0 Å². The van der Waals surface area contributed by atoms with E-state index in [0.29, 0.717) is 25.7 Å². The third-order valence-electron chi connectivity index (χ3n) is 15.9. The van der Waals surface area contributed by atoms with Gasteiger partial charge in [0.2, 0.25) is 0 Å². The lowest BCUT2D eigenvalue weighted by Crippen LogP contribution is -2.30. The van der Waals surface area contributed by atoms with Gasteiger partial charge in [-0.1, -0.05) is 304 Å². The van der Waals surface area contributed by atoms with Gasteiger partial charge in [0, 0.05) is 25.7 Å². The number of esters is 4. The first-order valence-electron chi connectivity index (χ1n) is 35.8. The highest BCUT2D eigenvalue weighted by atomic mass is 31.2. The summed E-state index contributed by atoms with van der Waals surface area (Å²) in [5.74, 6) is -2.14. The first-order valence-corrected chi connectivity index (χ1v) is 38.8. The lowest BCUT2D eigenvalue weighted by molar-refractivity contribution is -0.161. The first kappa shape index (κ1) is 85.1. The van der Waals surface area contributed by atoms with Crippen LogP contribution in [0.4, 0.5) is 0 Å². The van der Waals surface area contributed by atoms with Crippen LogP contribution in [-0.4, -0.2) is 96.7 Å². The molecule has 0 aromatic rings. The van der Waals surface area contributed by atoms with E-state index < -0.39 is 97.5 Å². The SMILES string of the molecule is CCCCCCCCCCCCCCCCCCCC(=O)O[C@H](COC(=O)CCCCCCCCCCCCCCCCCC)COP(=O)(O)OC[C@@H](O)COP(=O)(O)OC[C@@H](COC(=O)CCCCCCC)OC(=O)CCCCCCCCCCC. The van der Waals surface area contributed by atoms with E-state index in [1.165, 1.54) is 180 Å². The Bertz CT molecular complexity index is 1670. The van der Waals surface area contributed by atoms with Crippen molar-refractivity contribution in [2.75, 3.05) is 39.6 Å². The van der Waals surface area contributed by atoms with Crippen molar-refractivity contribution in [1.29, 1.82) is 0 Å². The molecule has 0 radical (unpaired) electrons. The fourth-order valence-corrected chi connectivity index (χ4v) is 11.9. The van der Waals surface area contributed by atoms with E-state index in [2.05, 4.69) is 27.7 Å². The van der Waals surface area contributed by atoms with Crippen molar-refractivity contribution in [1.82, 2.24) is 0 Å². The molecule has 0 heterocycles. The minimum atomic E-state index is -4.95. The zero-order valence-corrected chi connectivity index (χ0v) is 57.8. The van der Waals surface area contributed by atoms with Gasteiger partial charge in [-0.25, -0.2) is 9.13 Å². The van der Waals surface area contributed by atoms with E-state index in [-0.39, 0.29) is 25.7 Å². The molecule has 516 valence electrons. The second-order valence-electron chi connectivity index (χ2n) is 24.6. The molecule has 0 saturated heterocycles. The molecule has 5 atom stereocenters. The van der Waals surface area contributed by atoms with E-state index in [1.807, 2.05) is 0 Å². The molecule has 17 nitrogen and oxygen atoms in total. The molecular formula is C68H132O17P2. The van der Waals surface area contributed by atoms with Crippen molar-refractivity contribution in [2.24, 2.45) is 0 Å². The fourth-order valence-electron chi connectivity index (χ4n) is 10.3. The Balaban J connectivity index is 5.14. The van der Waals surface area contributed by atoms with Crippen molar-refractivity contribution in [3.8, 4) is 0 Å². The van der Waals surface area contributed by atoms with Crippen LogP contribution in [0.15, 0.2) is 0 Å². The number of carbonyl (C=O) groups is 4. The Morgan fingerprint density at radius 2 is 0.460 bits per heavy atom. The van der Waals surface area contributed by atoms with E-state index in [1.54, 1.807) is 0 Å². The maximum Gasteiger partial charge on any atom is 0.472 e. The Labute approximate surface area is 530 Å². The zero-order chi connectivity index (χ0) is 64.0. The molecular weight excluding hydrogens is 1150 g/mol. The Morgan fingerprint density at radius 1 is 0.276 bits per heavy atom. The molecule has 0 rings (SSSR count). The highest BCUT2D eigenvalue weighted by Gasteiger charge is 2.30. The molecule has 19 heteroatoms. The highest BCUT2D eigenvalue weighted by molar-refractivity contribution is 7.47. The molecule has 0 aromatic heterocycles. The van der Waals surface area contributed by atoms with Crippen molar-refractivity contribution in [3.63, 3.8) is 0 Å². The number of rotatable bonds is 69. The van der Waals surface area contributed by atoms with Gasteiger partial charge in [0.05, 0.1) is 26.4 Å². The molecule has 0 spiro atoms. The van der Waals surface area contributed by atoms with Gasteiger partial charge in [-0.3, -0.25) is 37.3 Å². The van der Waals surface area contributed by atoms with Gasteiger partial charge < -0.3 is 33.8 Å². The minimum absolute atomic E-state index is 0.105. The summed E-state index contributed by atoms with van der Waals surface area (Å²) in [5, 5.41) is 10.5. The summed E-state index contributed by atoms with van der Waals surface area (Å²) in [6, 6.07) is 0. The molecule has 0 bridgehead atoms. The van der Waals surface area contributed by atoms with Crippen molar-refractivity contribution in [3.05, 3.63) is 0 Å². The zero-order valence-electron chi connectivity index (χ0n) is 56.0. The summed E-state index contributed by atoms with van der Waals surface area (Å²) in [4.78, 5) is 72.1. The normalized spacial score (nSPS) is 14.1. The van der Waals surface area contributed by atoms with Gasteiger partial charge in [-0.15, -0.1) is 0 Å². The summed E-state index contributed by atoms with van der Waals surface area (Å²) < 4.78 is 67.9. The molecule has 0 aliphatic rings.